The Morgan fingerprint density at radius 1 is 1.17 bits per heavy atom. The smallest absolute Gasteiger partial charge is 0.190 e. The SMILES string of the molecule is Brc1cccc(-c2csc(=Nc3cccnc3)n2C2CCCC2)c1. The van der Waals surface area contributed by atoms with Gasteiger partial charge in [-0.15, -0.1) is 11.3 Å². The van der Waals surface area contributed by atoms with Crippen LogP contribution in [0.4, 0.5) is 5.69 Å². The predicted octanol–water partition coefficient (Wildman–Crippen LogP) is 5.72. The van der Waals surface area contributed by atoms with E-state index in [0.29, 0.717) is 6.04 Å². The molecule has 0 bridgehead atoms. The Morgan fingerprint density at radius 3 is 2.79 bits per heavy atom. The van der Waals surface area contributed by atoms with Crippen molar-refractivity contribution in [1.29, 1.82) is 0 Å². The van der Waals surface area contributed by atoms with Crippen molar-refractivity contribution >= 4 is 33.0 Å². The molecule has 1 saturated carbocycles. The van der Waals surface area contributed by atoms with Gasteiger partial charge in [0.05, 0.1) is 17.6 Å². The van der Waals surface area contributed by atoms with Gasteiger partial charge in [-0.05, 0) is 37.1 Å². The molecule has 24 heavy (non-hydrogen) atoms. The Bertz CT molecular complexity index is 892. The average Bonchev–Trinajstić information content (AvgIpc) is 3.25. The molecule has 0 aliphatic heterocycles. The van der Waals surface area contributed by atoms with Gasteiger partial charge >= 0.3 is 0 Å². The standard InChI is InChI=1S/C19H18BrN3S/c20-15-6-3-5-14(11-15)18-13-24-19(22-16-7-4-10-21-12-16)23(18)17-8-1-2-9-17/h3-7,10-13,17H,1-2,8-9H2. The van der Waals surface area contributed by atoms with Crippen molar-refractivity contribution in [3.05, 3.63) is 63.4 Å². The van der Waals surface area contributed by atoms with Crippen LogP contribution in [0.2, 0.25) is 0 Å². The van der Waals surface area contributed by atoms with E-state index in [4.69, 9.17) is 4.99 Å². The first-order valence-corrected chi connectivity index (χ1v) is 9.89. The minimum absolute atomic E-state index is 0.542. The Hall–Kier alpha value is -1.72. The van der Waals surface area contributed by atoms with Crippen LogP contribution in [0.1, 0.15) is 31.7 Å². The zero-order valence-corrected chi connectivity index (χ0v) is 15.6. The molecule has 4 rings (SSSR count). The summed E-state index contributed by atoms with van der Waals surface area (Å²) < 4.78 is 3.54. The molecule has 5 heteroatoms. The lowest BCUT2D eigenvalue weighted by atomic mass is 10.1. The van der Waals surface area contributed by atoms with E-state index in [1.54, 1.807) is 17.5 Å². The molecule has 1 aliphatic carbocycles. The van der Waals surface area contributed by atoms with Crippen LogP contribution in [0, 0.1) is 0 Å². The van der Waals surface area contributed by atoms with Crippen LogP contribution in [-0.2, 0) is 0 Å². The molecule has 3 nitrogen and oxygen atoms in total. The van der Waals surface area contributed by atoms with Crippen molar-refractivity contribution in [2.45, 2.75) is 31.7 Å². The van der Waals surface area contributed by atoms with E-state index in [1.165, 1.54) is 36.9 Å². The minimum atomic E-state index is 0.542. The van der Waals surface area contributed by atoms with E-state index in [0.717, 1.165) is 15.0 Å². The Kier molecular flexibility index (Phi) is 4.63. The van der Waals surface area contributed by atoms with E-state index in [-0.39, 0.29) is 0 Å². The quantitative estimate of drug-likeness (QED) is 0.553. The molecule has 2 heterocycles. The number of rotatable bonds is 3. The molecule has 0 atom stereocenters. The monoisotopic (exact) mass is 399 g/mol. The van der Waals surface area contributed by atoms with Gasteiger partial charge in [0.1, 0.15) is 0 Å². The first-order valence-electron chi connectivity index (χ1n) is 8.22. The van der Waals surface area contributed by atoms with Gasteiger partial charge in [0, 0.05) is 27.7 Å². The third kappa shape index (κ3) is 3.23. The molecular weight excluding hydrogens is 382 g/mol. The molecule has 0 radical (unpaired) electrons. The number of pyridine rings is 1. The molecule has 0 N–H and O–H groups in total. The molecule has 0 saturated heterocycles. The molecule has 0 unspecified atom stereocenters. The van der Waals surface area contributed by atoms with Crippen molar-refractivity contribution in [3.63, 3.8) is 0 Å². The van der Waals surface area contributed by atoms with Crippen LogP contribution in [0.25, 0.3) is 11.3 Å². The average molecular weight is 400 g/mol. The van der Waals surface area contributed by atoms with Gasteiger partial charge in [-0.1, -0.05) is 40.9 Å². The van der Waals surface area contributed by atoms with E-state index < -0.39 is 0 Å². The summed E-state index contributed by atoms with van der Waals surface area (Å²) in [6.45, 7) is 0. The second-order valence-corrected chi connectivity index (χ2v) is 7.80. The number of nitrogens with zero attached hydrogens (tertiary/aromatic N) is 3. The first kappa shape index (κ1) is 15.8. The second-order valence-electron chi connectivity index (χ2n) is 6.05. The van der Waals surface area contributed by atoms with Gasteiger partial charge in [0.2, 0.25) is 0 Å². The zero-order chi connectivity index (χ0) is 16.4. The summed E-state index contributed by atoms with van der Waals surface area (Å²) in [7, 11) is 0. The molecular formula is C19H18BrN3S. The maximum atomic E-state index is 4.86. The molecule has 3 aromatic rings. The second kappa shape index (κ2) is 7.03. The van der Waals surface area contributed by atoms with Crippen LogP contribution < -0.4 is 4.80 Å². The largest absolute Gasteiger partial charge is 0.313 e. The summed E-state index contributed by atoms with van der Waals surface area (Å²) in [6, 6.07) is 13.0. The fourth-order valence-electron chi connectivity index (χ4n) is 3.31. The minimum Gasteiger partial charge on any atom is -0.313 e. The fourth-order valence-corrected chi connectivity index (χ4v) is 4.69. The van der Waals surface area contributed by atoms with Crippen LogP contribution in [0.3, 0.4) is 0 Å². The van der Waals surface area contributed by atoms with Gasteiger partial charge in [-0.3, -0.25) is 4.98 Å². The normalized spacial score (nSPS) is 16.0. The molecule has 0 amide bonds. The Morgan fingerprint density at radius 2 is 2.04 bits per heavy atom. The number of benzene rings is 1. The van der Waals surface area contributed by atoms with Crippen molar-refractivity contribution in [2.24, 2.45) is 4.99 Å². The highest BCUT2D eigenvalue weighted by molar-refractivity contribution is 9.10. The van der Waals surface area contributed by atoms with Crippen molar-refractivity contribution in [1.82, 2.24) is 9.55 Å². The van der Waals surface area contributed by atoms with Gasteiger partial charge < -0.3 is 4.57 Å². The first-order chi connectivity index (χ1) is 11.8. The van der Waals surface area contributed by atoms with Crippen LogP contribution in [-0.4, -0.2) is 9.55 Å². The Labute approximate surface area is 153 Å². The number of halogens is 1. The third-order valence-electron chi connectivity index (χ3n) is 4.42. The van der Waals surface area contributed by atoms with Crippen LogP contribution in [0.5, 0.6) is 0 Å². The lowest BCUT2D eigenvalue weighted by Crippen LogP contribution is -2.19. The van der Waals surface area contributed by atoms with Crippen molar-refractivity contribution < 1.29 is 0 Å². The number of hydrogen-bond acceptors (Lipinski definition) is 3. The maximum Gasteiger partial charge on any atom is 0.190 e. The third-order valence-corrected chi connectivity index (χ3v) is 5.76. The summed E-state index contributed by atoms with van der Waals surface area (Å²) in [4.78, 5) is 10.1. The molecule has 0 spiro atoms. The zero-order valence-electron chi connectivity index (χ0n) is 13.2. The number of hydrogen-bond donors (Lipinski definition) is 0. The molecule has 1 fully saturated rings. The highest BCUT2D eigenvalue weighted by atomic mass is 79.9. The van der Waals surface area contributed by atoms with E-state index in [2.05, 4.69) is 55.1 Å². The van der Waals surface area contributed by atoms with Gasteiger partial charge in [-0.25, -0.2) is 4.99 Å². The van der Waals surface area contributed by atoms with E-state index in [1.807, 2.05) is 18.3 Å². The van der Waals surface area contributed by atoms with E-state index >= 15 is 0 Å². The maximum absolute atomic E-state index is 4.86. The summed E-state index contributed by atoms with van der Waals surface area (Å²) in [5, 5.41) is 2.23. The summed E-state index contributed by atoms with van der Waals surface area (Å²) in [5.74, 6) is 0. The van der Waals surface area contributed by atoms with Crippen LogP contribution >= 0.6 is 27.3 Å². The number of thiazole rings is 1. The van der Waals surface area contributed by atoms with Gasteiger partial charge in [0.25, 0.3) is 0 Å². The highest BCUT2D eigenvalue weighted by Crippen LogP contribution is 2.34. The summed E-state index contributed by atoms with van der Waals surface area (Å²) >= 11 is 5.30. The highest BCUT2D eigenvalue weighted by Gasteiger charge is 2.21. The molecule has 2 aromatic heterocycles. The van der Waals surface area contributed by atoms with E-state index in [9.17, 15) is 0 Å². The lowest BCUT2D eigenvalue weighted by molar-refractivity contribution is 0.512. The fraction of sp³-hybridized carbons (Fsp3) is 0.263. The topological polar surface area (TPSA) is 30.2 Å². The predicted molar refractivity (Wildman–Crippen MR) is 102 cm³/mol. The molecule has 1 aliphatic rings. The van der Waals surface area contributed by atoms with Gasteiger partial charge in [-0.2, -0.15) is 0 Å². The Balaban J connectivity index is 1.87. The summed E-state index contributed by atoms with van der Waals surface area (Å²) in [5.41, 5.74) is 3.41. The van der Waals surface area contributed by atoms with Gasteiger partial charge in [0.15, 0.2) is 4.80 Å². The van der Waals surface area contributed by atoms with Crippen LogP contribution in [0.15, 0.2) is 63.6 Å². The molecule has 1 aromatic carbocycles. The summed E-state index contributed by atoms with van der Waals surface area (Å²) in [6.07, 6.45) is 8.67. The number of aromatic nitrogens is 2. The molecule has 122 valence electrons. The van der Waals surface area contributed by atoms with Crippen molar-refractivity contribution in [2.75, 3.05) is 0 Å². The lowest BCUT2D eigenvalue weighted by Gasteiger charge is -2.16. The van der Waals surface area contributed by atoms with Crippen molar-refractivity contribution in [3.8, 4) is 11.3 Å².